The Kier molecular flexibility index (Phi) is 4.02. The molecule has 0 N–H and O–H groups in total. The molecule has 0 fully saturated rings. The highest BCUT2D eigenvalue weighted by atomic mass is 32.2. The number of imidazole rings is 1. The van der Waals surface area contributed by atoms with Gasteiger partial charge < -0.3 is 9.30 Å². The lowest BCUT2D eigenvalue weighted by molar-refractivity contribution is 0.186. The first-order chi connectivity index (χ1) is 8.36. The molecule has 0 atom stereocenters. The third-order valence-corrected chi connectivity index (χ3v) is 3.25. The second kappa shape index (κ2) is 5.71. The van der Waals surface area contributed by atoms with Gasteiger partial charge in [0, 0.05) is 13.7 Å². The fraction of sp³-hybridized carbons (Fsp3) is 0.333. The van der Waals surface area contributed by atoms with Gasteiger partial charge in [-0.25, -0.2) is 4.98 Å². The summed E-state index contributed by atoms with van der Waals surface area (Å²) in [6, 6.07) is 10.1. The van der Waals surface area contributed by atoms with Gasteiger partial charge in [-0.05, 0) is 12.1 Å². The summed E-state index contributed by atoms with van der Waals surface area (Å²) in [5.74, 6) is 0.413. The molecule has 4 nitrogen and oxygen atoms in total. The summed E-state index contributed by atoms with van der Waals surface area (Å²) in [4.78, 5) is 4.52. The van der Waals surface area contributed by atoms with Gasteiger partial charge in [0.2, 0.25) is 0 Å². The van der Waals surface area contributed by atoms with Gasteiger partial charge in [0.15, 0.2) is 5.16 Å². The van der Waals surface area contributed by atoms with Gasteiger partial charge in [0.1, 0.15) is 0 Å². The number of nitrogens with zero attached hydrogens (tertiary/aromatic N) is 3. The highest BCUT2D eigenvalue weighted by molar-refractivity contribution is 7.99. The molecule has 0 bridgehead atoms. The van der Waals surface area contributed by atoms with E-state index in [2.05, 4.69) is 15.6 Å². The number of ether oxygens (including phenoxy) is 1. The summed E-state index contributed by atoms with van der Waals surface area (Å²) in [7, 11) is 1.68. The molecule has 0 amide bonds. The lowest BCUT2D eigenvalue weighted by Crippen LogP contribution is -2.05. The molecule has 0 spiro atoms. The lowest BCUT2D eigenvalue weighted by atomic mass is 10.3. The van der Waals surface area contributed by atoms with Crippen LogP contribution in [0.25, 0.3) is 11.0 Å². The highest BCUT2D eigenvalue weighted by Gasteiger charge is 2.09. The number of benzene rings is 1. The van der Waals surface area contributed by atoms with Gasteiger partial charge in [-0.15, -0.1) is 0 Å². The molecule has 0 unspecified atom stereocenters. The Labute approximate surface area is 104 Å². The maximum absolute atomic E-state index is 8.64. The molecule has 0 aliphatic carbocycles. The van der Waals surface area contributed by atoms with E-state index in [1.807, 2.05) is 24.3 Å². The van der Waals surface area contributed by atoms with Crippen LogP contribution in [0.3, 0.4) is 0 Å². The zero-order valence-electron chi connectivity index (χ0n) is 9.59. The molecular weight excluding hydrogens is 234 g/mol. The maximum atomic E-state index is 8.64. The van der Waals surface area contributed by atoms with E-state index in [0.717, 1.165) is 22.7 Å². The number of fused-ring (bicyclic) bond motifs is 1. The highest BCUT2D eigenvalue weighted by Crippen LogP contribution is 2.23. The van der Waals surface area contributed by atoms with Crippen LogP contribution in [-0.4, -0.2) is 29.0 Å². The van der Waals surface area contributed by atoms with E-state index in [-0.39, 0.29) is 0 Å². The van der Waals surface area contributed by atoms with Crippen molar-refractivity contribution in [2.75, 3.05) is 19.5 Å². The molecule has 0 aliphatic heterocycles. The third kappa shape index (κ3) is 2.60. The Morgan fingerprint density at radius 3 is 3.06 bits per heavy atom. The fourth-order valence-electron chi connectivity index (χ4n) is 1.66. The smallest absolute Gasteiger partial charge is 0.170 e. The summed E-state index contributed by atoms with van der Waals surface area (Å²) in [6.45, 7) is 1.39. The van der Waals surface area contributed by atoms with Gasteiger partial charge >= 0.3 is 0 Å². The van der Waals surface area contributed by atoms with E-state index in [1.165, 1.54) is 11.8 Å². The van der Waals surface area contributed by atoms with Gasteiger partial charge in [0.25, 0.3) is 0 Å². The third-order valence-electron chi connectivity index (χ3n) is 2.40. The zero-order valence-corrected chi connectivity index (χ0v) is 10.4. The largest absolute Gasteiger partial charge is 0.383 e. The zero-order chi connectivity index (χ0) is 12.1. The summed E-state index contributed by atoms with van der Waals surface area (Å²) in [5.41, 5.74) is 2.05. The van der Waals surface area contributed by atoms with Crippen molar-refractivity contribution >= 4 is 22.8 Å². The second-order valence-electron chi connectivity index (χ2n) is 3.47. The van der Waals surface area contributed by atoms with Crippen molar-refractivity contribution in [3.8, 4) is 6.07 Å². The number of rotatable bonds is 5. The molecule has 17 heavy (non-hydrogen) atoms. The van der Waals surface area contributed by atoms with Crippen LogP contribution in [0.15, 0.2) is 29.4 Å². The number of methoxy groups -OCH3 is 1. The van der Waals surface area contributed by atoms with E-state index in [9.17, 15) is 0 Å². The standard InChI is InChI=1S/C12H13N3OS/c1-16-8-7-15-11-5-3-2-4-10(11)14-12(15)17-9-6-13/h2-5H,7-9H2,1H3. The van der Waals surface area contributed by atoms with E-state index >= 15 is 0 Å². The molecule has 0 radical (unpaired) electrons. The summed E-state index contributed by atoms with van der Waals surface area (Å²) in [6.07, 6.45) is 0. The quantitative estimate of drug-likeness (QED) is 0.761. The summed E-state index contributed by atoms with van der Waals surface area (Å²) in [5, 5.41) is 9.52. The minimum atomic E-state index is 0.413. The molecule has 0 saturated heterocycles. The first-order valence-corrected chi connectivity index (χ1v) is 6.29. The Balaban J connectivity index is 2.38. The molecule has 0 saturated carbocycles. The lowest BCUT2D eigenvalue weighted by Gasteiger charge is -2.06. The van der Waals surface area contributed by atoms with Crippen LogP contribution in [0.2, 0.25) is 0 Å². The van der Waals surface area contributed by atoms with Crippen LogP contribution in [0.1, 0.15) is 0 Å². The normalized spacial score (nSPS) is 10.6. The molecule has 5 heteroatoms. The van der Waals surface area contributed by atoms with Crippen molar-refractivity contribution in [1.29, 1.82) is 5.26 Å². The molecular formula is C12H13N3OS. The van der Waals surface area contributed by atoms with Crippen LogP contribution < -0.4 is 0 Å². The van der Waals surface area contributed by atoms with Crippen molar-refractivity contribution < 1.29 is 4.74 Å². The van der Waals surface area contributed by atoms with E-state index in [4.69, 9.17) is 10.00 Å². The molecule has 1 aromatic carbocycles. The molecule has 1 aromatic heterocycles. The number of para-hydroxylation sites is 2. The van der Waals surface area contributed by atoms with Crippen LogP contribution in [0, 0.1) is 11.3 Å². The summed E-state index contributed by atoms with van der Waals surface area (Å²) >= 11 is 1.46. The van der Waals surface area contributed by atoms with Crippen molar-refractivity contribution in [2.24, 2.45) is 0 Å². The van der Waals surface area contributed by atoms with Gasteiger partial charge in [-0.1, -0.05) is 23.9 Å². The van der Waals surface area contributed by atoms with Gasteiger partial charge in [-0.3, -0.25) is 0 Å². The molecule has 2 rings (SSSR count). The predicted octanol–water partition coefficient (Wildman–Crippen LogP) is 2.30. The number of nitriles is 1. The average molecular weight is 247 g/mol. The van der Waals surface area contributed by atoms with Gasteiger partial charge in [0.05, 0.1) is 29.5 Å². The Bertz CT molecular complexity index is 544. The minimum Gasteiger partial charge on any atom is -0.383 e. The van der Waals surface area contributed by atoms with Crippen LogP contribution >= 0.6 is 11.8 Å². The van der Waals surface area contributed by atoms with Crippen LogP contribution in [0.4, 0.5) is 0 Å². The van der Waals surface area contributed by atoms with Crippen molar-refractivity contribution in [1.82, 2.24) is 9.55 Å². The topological polar surface area (TPSA) is 50.8 Å². The predicted molar refractivity (Wildman–Crippen MR) is 67.9 cm³/mol. The van der Waals surface area contributed by atoms with Crippen molar-refractivity contribution in [3.63, 3.8) is 0 Å². The fourth-order valence-corrected chi connectivity index (χ4v) is 2.36. The van der Waals surface area contributed by atoms with Gasteiger partial charge in [-0.2, -0.15) is 5.26 Å². The Morgan fingerprint density at radius 2 is 2.29 bits per heavy atom. The first kappa shape index (κ1) is 12.0. The van der Waals surface area contributed by atoms with Crippen molar-refractivity contribution in [3.05, 3.63) is 24.3 Å². The number of thioether (sulfide) groups is 1. The SMILES string of the molecule is COCCn1c(SCC#N)nc2ccccc21. The monoisotopic (exact) mass is 247 g/mol. The first-order valence-electron chi connectivity index (χ1n) is 5.30. The second-order valence-corrected chi connectivity index (χ2v) is 4.42. The maximum Gasteiger partial charge on any atom is 0.170 e. The van der Waals surface area contributed by atoms with Crippen molar-refractivity contribution in [2.45, 2.75) is 11.7 Å². The minimum absolute atomic E-state index is 0.413. The number of hydrogen-bond acceptors (Lipinski definition) is 4. The van der Waals surface area contributed by atoms with E-state index in [0.29, 0.717) is 12.4 Å². The molecule has 0 aliphatic rings. The van der Waals surface area contributed by atoms with E-state index < -0.39 is 0 Å². The van der Waals surface area contributed by atoms with E-state index in [1.54, 1.807) is 7.11 Å². The molecule has 2 aromatic rings. The molecule has 88 valence electrons. The Hall–Kier alpha value is -1.51. The van der Waals surface area contributed by atoms with Crippen LogP contribution in [0.5, 0.6) is 0 Å². The molecule has 1 heterocycles. The Morgan fingerprint density at radius 1 is 1.47 bits per heavy atom. The van der Waals surface area contributed by atoms with Crippen LogP contribution in [-0.2, 0) is 11.3 Å². The number of aromatic nitrogens is 2. The summed E-state index contributed by atoms with van der Waals surface area (Å²) < 4.78 is 7.20. The number of hydrogen-bond donors (Lipinski definition) is 0. The average Bonchev–Trinajstić information content (AvgIpc) is 2.71.